The number of amidine groups is 1. The zero-order chi connectivity index (χ0) is 11.7. The van der Waals surface area contributed by atoms with Crippen molar-refractivity contribution in [2.24, 2.45) is 10.7 Å². The van der Waals surface area contributed by atoms with E-state index >= 15 is 0 Å². The summed E-state index contributed by atoms with van der Waals surface area (Å²) in [6, 6.07) is -1.10. The molecule has 2 unspecified atom stereocenters. The molecule has 2 rings (SSSR count). The van der Waals surface area contributed by atoms with Gasteiger partial charge in [-0.15, -0.1) is 17.8 Å². The Morgan fingerprint density at radius 1 is 1.75 bits per heavy atom. The molecule has 2 heterocycles. The van der Waals surface area contributed by atoms with Gasteiger partial charge < -0.3 is 5.73 Å². The quantitative estimate of drug-likeness (QED) is 0.776. The maximum Gasteiger partial charge on any atom is 0.347 e. The summed E-state index contributed by atoms with van der Waals surface area (Å²) in [6.07, 6.45) is 7.00. The number of hydrogen-bond acceptors (Lipinski definition) is 4. The highest BCUT2D eigenvalue weighted by Gasteiger charge is 2.37. The predicted molar refractivity (Wildman–Crippen MR) is 62.0 cm³/mol. The van der Waals surface area contributed by atoms with Gasteiger partial charge in [-0.25, -0.2) is 4.79 Å². The number of thiazole rings is 1. The minimum atomic E-state index is -0.388. The Morgan fingerprint density at radius 3 is 3.06 bits per heavy atom. The number of aliphatic imine (C=N–C) groups is 1. The Bertz CT molecular complexity index is 474. The maximum atomic E-state index is 11.6. The first-order chi connectivity index (χ1) is 7.65. The summed E-state index contributed by atoms with van der Waals surface area (Å²) < 4.78 is 0. The van der Waals surface area contributed by atoms with Crippen molar-refractivity contribution in [3.05, 3.63) is 16.6 Å². The van der Waals surface area contributed by atoms with Gasteiger partial charge in [-0.3, -0.25) is 9.88 Å². The van der Waals surface area contributed by atoms with Crippen molar-refractivity contribution in [1.29, 1.82) is 0 Å². The zero-order valence-electron chi connectivity index (χ0n) is 8.62. The van der Waals surface area contributed by atoms with Crippen molar-refractivity contribution >= 4 is 23.2 Å². The lowest BCUT2D eigenvalue weighted by molar-refractivity contribution is 0.199. The highest BCUT2D eigenvalue weighted by Crippen LogP contribution is 2.30. The highest BCUT2D eigenvalue weighted by molar-refractivity contribution is 7.09. The number of nitrogens with two attached hydrogens (primary N) is 1. The molecule has 1 aromatic rings. The molecule has 1 aliphatic heterocycles. The molecule has 82 valence electrons. The van der Waals surface area contributed by atoms with Crippen LogP contribution in [0.4, 0.5) is 4.79 Å². The van der Waals surface area contributed by atoms with Crippen LogP contribution in [-0.2, 0) is 0 Å². The van der Waals surface area contributed by atoms with E-state index in [9.17, 15) is 4.79 Å². The number of rotatable bonds is 2. The minimum Gasteiger partial charge on any atom is -0.385 e. The molecule has 6 heteroatoms. The summed E-state index contributed by atoms with van der Waals surface area (Å²) in [5.74, 6) is 2.78. The van der Waals surface area contributed by atoms with Gasteiger partial charge in [-0.1, -0.05) is 5.92 Å². The van der Waals surface area contributed by atoms with Gasteiger partial charge in [0.05, 0.1) is 16.4 Å². The molecule has 0 saturated carbocycles. The van der Waals surface area contributed by atoms with Crippen LogP contribution in [0.5, 0.6) is 0 Å². The number of urea groups is 1. The van der Waals surface area contributed by atoms with E-state index in [0.717, 1.165) is 4.88 Å². The predicted octanol–water partition coefficient (Wildman–Crippen LogP) is 0.999. The van der Waals surface area contributed by atoms with E-state index in [1.165, 1.54) is 16.2 Å². The fraction of sp³-hybridized carbons (Fsp3) is 0.300. The molecule has 0 bridgehead atoms. The molecule has 0 aromatic carbocycles. The summed E-state index contributed by atoms with van der Waals surface area (Å²) in [4.78, 5) is 21.7. The van der Waals surface area contributed by atoms with Gasteiger partial charge in [0.15, 0.2) is 0 Å². The number of nitrogens with zero attached hydrogens (tertiary/aromatic N) is 3. The van der Waals surface area contributed by atoms with Crippen LogP contribution in [0.3, 0.4) is 0 Å². The second-order valence-electron chi connectivity index (χ2n) is 3.38. The topological polar surface area (TPSA) is 71.6 Å². The summed E-state index contributed by atoms with van der Waals surface area (Å²) in [5, 5.41) is 0. The van der Waals surface area contributed by atoms with Gasteiger partial charge in [-0.2, -0.15) is 4.99 Å². The van der Waals surface area contributed by atoms with Crippen molar-refractivity contribution < 1.29 is 4.79 Å². The number of amides is 2. The fourth-order valence-electron chi connectivity index (χ4n) is 1.60. The van der Waals surface area contributed by atoms with E-state index in [4.69, 9.17) is 12.2 Å². The first-order valence-electron chi connectivity index (χ1n) is 4.66. The van der Waals surface area contributed by atoms with Gasteiger partial charge in [0.25, 0.3) is 0 Å². The Labute approximate surface area is 97.0 Å². The average Bonchev–Trinajstić information content (AvgIpc) is 2.84. The van der Waals surface area contributed by atoms with Crippen LogP contribution >= 0.6 is 11.3 Å². The Balaban J connectivity index is 2.38. The smallest absolute Gasteiger partial charge is 0.347 e. The van der Waals surface area contributed by atoms with E-state index in [0.29, 0.717) is 0 Å². The van der Waals surface area contributed by atoms with Crippen molar-refractivity contribution in [1.82, 2.24) is 9.88 Å². The van der Waals surface area contributed by atoms with Gasteiger partial charge in [0.2, 0.25) is 0 Å². The lowest BCUT2D eigenvalue weighted by Crippen LogP contribution is -2.38. The maximum absolute atomic E-state index is 11.6. The van der Waals surface area contributed by atoms with Crippen LogP contribution in [-0.4, -0.2) is 27.8 Å². The number of carbonyl (C=O) groups excluding carboxylic acids is 1. The molecule has 2 amide bonds. The van der Waals surface area contributed by atoms with Crippen molar-refractivity contribution in [3.63, 3.8) is 0 Å². The molecule has 1 aliphatic rings. The largest absolute Gasteiger partial charge is 0.385 e. The van der Waals surface area contributed by atoms with Gasteiger partial charge in [-0.05, 0) is 6.92 Å². The van der Waals surface area contributed by atoms with Gasteiger partial charge in [0.1, 0.15) is 11.9 Å². The van der Waals surface area contributed by atoms with Crippen LogP contribution in [0.1, 0.15) is 17.8 Å². The van der Waals surface area contributed by atoms with Crippen LogP contribution in [0.25, 0.3) is 0 Å². The number of terminal acetylenes is 1. The van der Waals surface area contributed by atoms with Crippen molar-refractivity contribution in [2.45, 2.75) is 19.0 Å². The molecular weight excluding hydrogens is 224 g/mol. The summed E-state index contributed by atoms with van der Waals surface area (Å²) in [6.45, 7) is 1.76. The first kappa shape index (κ1) is 10.6. The average molecular weight is 234 g/mol. The standard InChI is InChI=1S/C10H10N4OS/c1-3-6(2)14-8(7-4-12-5-16-7)9(11)13-10(14)15/h1,4-6,8H,2H3,(H2,11,13,15). The molecule has 0 aliphatic carbocycles. The number of aromatic nitrogens is 1. The molecular formula is C10H10N4OS. The summed E-state index contributed by atoms with van der Waals surface area (Å²) in [7, 11) is 0. The molecule has 0 spiro atoms. The number of hydrogen-bond donors (Lipinski definition) is 1. The Kier molecular flexibility index (Phi) is 2.62. The molecule has 16 heavy (non-hydrogen) atoms. The lowest BCUT2D eigenvalue weighted by Gasteiger charge is -2.25. The zero-order valence-corrected chi connectivity index (χ0v) is 9.44. The van der Waals surface area contributed by atoms with Crippen LogP contribution in [0, 0.1) is 12.3 Å². The van der Waals surface area contributed by atoms with E-state index in [1.54, 1.807) is 18.6 Å². The molecule has 0 fully saturated rings. The Hall–Kier alpha value is -1.87. The second-order valence-corrected chi connectivity index (χ2v) is 4.29. The third-order valence-corrected chi connectivity index (χ3v) is 3.21. The highest BCUT2D eigenvalue weighted by atomic mass is 32.1. The van der Waals surface area contributed by atoms with E-state index in [1.807, 2.05) is 0 Å². The molecule has 2 atom stereocenters. The SMILES string of the molecule is C#CC(C)N1C(=O)N=C(N)C1c1cncs1. The van der Waals surface area contributed by atoms with Crippen molar-refractivity contribution in [2.75, 3.05) is 0 Å². The van der Waals surface area contributed by atoms with Crippen LogP contribution in [0.15, 0.2) is 16.7 Å². The monoisotopic (exact) mass is 234 g/mol. The number of carbonyl (C=O) groups is 1. The molecule has 0 saturated heterocycles. The van der Waals surface area contributed by atoms with Gasteiger partial charge in [0, 0.05) is 6.20 Å². The fourth-order valence-corrected chi connectivity index (χ4v) is 2.32. The third-order valence-electron chi connectivity index (χ3n) is 2.38. The second kappa shape index (κ2) is 3.94. The molecule has 5 nitrogen and oxygen atoms in total. The first-order valence-corrected chi connectivity index (χ1v) is 5.54. The van der Waals surface area contributed by atoms with Crippen molar-refractivity contribution in [3.8, 4) is 12.3 Å². The minimum absolute atomic E-state index is 0.274. The summed E-state index contributed by atoms with van der Waals surface area (Å²) in [5.41, 5.74) is 7.43. The van der Waals surface area contributed by atoms with Gasteiger partial charge >= 0.3 is 6.03 Å². The molecule has 2 N–H and O–H groups in total. The van der Waals surface area contributed by atoms with Crippen LogP contribution < -0.4 is 5.73 Å². The van der Waals surface area contributed by atoms with E-state index < -0.39 is 0 Å². The Morgan fingerprint density at radius 2 is 2.50 bits per heavy atom. The van der Waals surface area contributed by atoms with E-state index in [2.05, 4.69) is 15.9 Å². The third kappa shape index (κ3) is 1.55. The van der Waals surface area contributed by atoms with E-state index in [-0.39, 0.29) is 24.0 Å². The lowest BCUT2D eigenvalue weighted by atomic mass is 10.2. The van der Waals surface area contributed by atoms with Crippen LogP contribution in [0.2, 0.25) is 0 Å². The molecule has 1 aromatic heterocycles. The summed E-state index contributed by atoms with van der Waals surface area (Å²) >= 11 is 1.42. The molecule has 0 radical (unpaired) electrons. The normalized spacial score (nSPS) is 21.8.